The summed E-state index contributed by atoms with van der Waals surface area (Å²) in [6.07, 6.45) is 2.12. The zero-order valence-corrected chi connectivity index (χ0v) is 11.7. The number of benzene rings is 1. The van der Waals surface area contributed by atoms with Crippen molar-refractivity contribution in [3.8, 4) is 0 Å². The fourth-order valence-corrected chi connectivity index (χ4v) is 2.29. The van der Waals surface area contributed by atoms with Crippen LogP contribution in [0, 0.1) is 0 Å². The summed E-state index contributed by atoms with van der Waals surface area (Å²) in [5, 5.41) is 13.1. The Morgan fingerprint density at radius 3 is 2.53 bits per heavy atom. The van der Waals surface area contributed by atoms with Gasteiger partial charge in [-0.05, 0) is 37.1 Å². The van der Waals surface area contributed by atoms with E-state index >= 15 is 0 Å². The van der Waals surface area contributed by atoms with Crippen molar-refractivity contribution in [2.24, 2.45) is 0 Å². The third-order valence-electron chi connectivity index (χ3n) is 3.07. The van der Waals surface area contributed by atoms with Crippen molar-refractivity contribution in [1.82, 2.24) is 5.32 Å². The minimum absolute atomic E-state index is 0. The Morgan fingerprint density at radius 1 is 1.41 bits per heavy atom. The van der Waals surface area contributed by atoms with E-state index in [9.17, 15) is 9.90 Å². The van der Waals surface area contributed by atoms with E-state index in [1.165, 1.54) is 0 Å². The molecule has 1 aliphatic heterocycles. The molecular weight excluding hydrogens is 305 g/mol. The molecule has 0 aliphatic carbocycles. The van der Waals surface area contributed by atoms with Crippen molar-refractivity contribution in [2.45, 2.75) is 24.8 Å². The first-order valence-corrected chi connectivity index (χ1v) is 5.73. The molecule has 94 valence electrons. The van der Waals surface area contributed by atoms with Gasteiger partial charge in [0.25, 0.3) is 0 Å². The molecule has 1 atom stereocenters. The van der Waals surface area contributed by atoms with Gasteiger partial charge < -0.3 is 10.4 Å². The summed E-state index contributed by atoms with van der Waals surface area (Å²) in [6, 6.07) is 7.35. The summed E-state index contributed by atoms with van der Waals surface area (Å²) in [5.41, 5.74) is 0.217. The predicted octanol–water partition coefficient (Wildman–Crippen LogP) is 2.67. The molecule has 0 amide bonds. The lowest BCUT2D eigenvalue weighted by Crippen LogP contribution is -2.49. The molecule has 1 heterocycles. The van der Waals surface area contributed by atoms with E-state index in [2.05, 4.69) is 5.32 Å². The maximum atomic E-state index is 11.3. The summed E-state index contributed by atoms with van der Waals surface area (Å²) < 4.78 is 0. The topological polar surface area (TPSA) is 49.3 Å². The second kappa shape index (κ2) is 5.85. The Labute approximate surface area is 116 Å². The third kappa shape index (κ3) is 3.21. The number of carbonyl (C=O) groups is 1. The molecule has 3 nitrogen and oxygen atoms in total. The molecule has 2 N–H and O–H groups in total. The van der Waals surface area contributed by atoms with E-state index in [0.717, 1.165) is 18.5 Å². The number of hydrogen-bond donors (Lipinski definition) is 2. The molecule has 17 heavy (non-hydrogen) atoms. The van der Waals surface area contributed by atoms with Gasteiger partial charge in [-0.3, -0.25) is 4.79 Å². The molecule has 0 saturated carbocycles. The Kier molecular flexibility index (Phi) is 4.98. The molecule has 0 radical (unpaired) electrons. The fraction of sp³-hybridized carbons (Fsp3) is 0.417. The van der Waals surface area contributed by atoms with E-state index in [1.807, 2.05) is 12.1 Å². The van der Waals surface area contributed by atoms with E-state index in [1.54, 1.807) is 12.1 Å². The zero-order chi connectivity index (χ0) is 11.6. The molecule has 0 spiro atoms. The van der Waals surface area contributed by atoms with E-state index in [4.69, 9.17) is 11.6 Å². The van der Waals surface area contributed by atoms with Crippen molar-refractivity contribution in [2.75, 3.05) is 6.54 Å². The molecule has 0 aromatic heterocycles. The maximum absolute atomic E-state index is 11.3. The maximum Gasteiger partial charge on any atom is 0.324 e. The van der Waals surface area contributed by atoms with Gasteiger partial charge in [0.05, 0.1) is 0 Å². The molecule has 1 fully saturated rings. The monoisotopic (exact) mass is 319 g/mol. The minimum Gasteiger partial charge on any atom is -0.480 e. The van der Waals surface area contributed by atoms with Crippen LogP contribution in [0.15, 0.2) is 24.3 Å². The van der Waals surface area contributed by atoms with Crippen LogP contribution in [0.1, 0.15) is 18.4 Å². The van der Waals surface area contributed by atoms with Crippen molar-refractivity contribution < 1.29 is 9.90 Å². The Hall–Kier alpha value is -0.580. The van der Waals surface area contributed by atoms with E-state index in [0.29, 0.717) is 17.9 Å². The van der Waals surface area contributed by atoms with Gasteiger partial charge in [-0.15, -0.1) is 17.0 Å². The van der Waals surface area contributed by atoms with Crippen LogP contribution in [0.3, 0.4) is 0 Å². The Morgan fingerprint density at radius 2 is 2.06 bits per heavy atom. The number of halogens is 2. The highest BCUT2D eigenvalue weighted by atomic mass is 79.9. The van der Waals surface area contributed by atoms with Gasteiger partial charge in [-0.2, -0.15) is 0 Å². The number of nitrogens with one attached hydrogen (secondary N) is 1. The molecule has 2 rings (SSSR count). The van der Waals surface area contributed by atoms with Crippen molar-refractivity contribution in [3.05, 3.63) is 34.9 Å². The largest absolute Gasteiger partial charge is 0.480 e. The standard InChI is InChI=1S/C12H14ClNO2.BrH/c13-10-4-2-9(3-5-10)8-12(11(15)16)6-1-7-14-12;/h2-5,14H,1,6-8H2,(H,15,16);1H/t12-;/m1./s1. The molecule has 1 aliphatic rings. The first kappa shape index (κ1) is 14.5. The molecule has 1 aromatic carbocycles. The van der Waals surface area contributed by atoms with Gasteiger partial charge in [-0.25, -0.2) is 0 Å². The lowest BCUT2D eigenvalue weighted by molar-refractivity contribution is -0.144. The highest BCUT2D eigenvalue weighted by Crippen LogP contribution is 2.25. The second-order valence-electron chi connectivity index (χ2n) is 4.22. The molecule has 1 aromatic rings. The Bertz CT molecular complexity index is 388. The lowest BCUT2D eigenvalue weighted by atomic mass is 9.89. The normalized spacial score (nSPS) is 23.1. The quantitative estimate of drug-likeness (QED) is 0.900. The van der Waals surface area contributed by atoms with Gasteiger partial charge in [0.1, 0.15) is 5.54 Å². The summed E-state index contributed by atoms with van der Waals surface area (Å²) in [7, 11) is 0. The first-order chi connectivity index (χ1) is 7.62. The van der Waals surface area contributed by atoms with Crippen LogP contribution >= 0.6 is 28.6 Å². The number of rotatable bonds is 3. The van der Waals surface area contributed by atoms with Crippen LogP contribution in [0.25, 0.3) is 0 Å². The molecule has 0 unspecified atom stereocenters. The lowest BCUT2D eigenvalue weighted by Gasteiger charge is -2.24. The van der Waals surface area contributed by atoms with Crippen LogP contribution in [0.2, 0.25) is 5.02 Å². The second-order valence-corrected chi connectivity index (χ2v) is 4.66. The minimum atomic E-state index is -0.784. The van der Waals surface area contributed by atoms with Crippen LogP contribution in [0.4, 0.5) is 0 Å². The molecular formula is C12H15BrClNO2. The molecule has 1 saturated heterocycles. The van der Waals surface area contributed by atoms with Crippen LogP contribution in [-0.4, -0.2) is 23.2 Å². The SMILES string of the molecule is Br.O=C(O)[C@]1(Cc2ccc(Cl)cc2)CCCN1. The van der Waals surface area contributed by atoms with E-state index < -0.39 is 11.5 Å². The summed E-state index contributed by atoms with van der Waals surface area (Å²) in [4.78, 5) is 11.3. The number of hydrogen-bond acceptors (Lipinski definition) is 2. The summed E-state index contributed by atoms with van der Waals surface area (Å²) in [6.45, 7) is 0.778. The van der Waals surface area contributed by atoms with Crippen molar-refractivity contribution in [1.29, 1.82) is 0 Å². The first-order valence-electron chi connectivity index (χ1n) is 5.35. The smallest absolute Gasteiger partial charge is 0.324 e. The Balaban J connectivity index is 0.00000144. The fourth-order valence-electron chi connectivity index (χ4n) is 2.17. The average molecular weight is 321 g/mol. The third-order valence-corrected chi connectivity index (χ3v) is 3.32. The van der Waals surface area contributed by atoms with Crippen molar-refractivity contribution in [3.63, 3.8) is 0 Å². The van der Waals surface area contributed by atoms with Gasteiger partial charge in [0.2, 0.25) is 0 Å². The van der Waals surface area contributed by atoms with Gasteiger partial charge in [0.15, 0.2) is 0 Å². The highest BCUT2D eigenvalue weighted by Gasteiger charge is 2.40. The molecule has 5 heteroatoms. The number of carboxylic acids is 1. The van der Waals surface area contributed by atoms with Crippen LogP contribution in [-0.2, 0) is 11.2 Å². The number of aliphatic carboxylic acids is 1. The average Bonchev–Trinajstić information content (AvgIpc) is 2.71. The van der Waals surface area contributed by atoms with Crippen LogP contribution in [0.5, 0.6) is 0 Å². The van der Waals surface area contributed by atoms with Gasteiger partial charge in [-0.1, -0.05) is 23.7 Å². The number of carboxylic acid groups (broad SMARTS) is 1. The molecule has 0 bridgehead atoms. The van der Waals surface area contributed by atoms with Crippen molar-refractivity contribution >= 4 is 34.6 Å². The summed E-state index contributed by atoms with van der Waals surface area (Å²) >= 11 is 5.79. The summed E-state index contributed by atoms with van der Waals surface area (Å²) in [5.74, 6) is -0.764. The van der Waals surface area contributed by atoms with E-state index in [-0.39, 0.29) is 17.0 Å². The zero-order valence-electron chi connectivity index (χ0n) is 9.28. The van der Waals surface area contributed by atoms with Gasteiger partial charge >= 0.3 is 5.97 Å². The van der Waals surface area contributed by atoms with Crippen LogP contribution < -0.4 is 5.32 Å². The van der Waals surface area contributed by atoms with Gasteiger partial charge in [0, 0.05) is 11.4 Å². The highest BCUT2D eigenvalue weighted by molar-refractivity contribution is 8.93. The predicted molar refractivity (Wildman–Crippen MR) is 73.1 cm³/mol.